The van der Waals surface area contributed by atoms with Gasteiger partial charge < -0.3 is 27.4 Å². The molecule has 18 nitrogen and oxygen atoms in total. The zero-order valence-electron chi connectivity index (χ0n) is 75.2. The van der Waals surface area contributed by atoms with E-state index in [4.69, 9.17) is 52.8 Å². The highest BCUT2D eigenvalue weighted by molar-refractivity contribution is 6.18. The number of nitrogens with zero attached hydrogens (tertiary/aromatic N) is 18. The SMILES string of the molecule is [C-]#[N+]c1ccccc1-c1cc(-c2c(C#N)cc(-n3c4ccc(-n5c6ccccc6c6ccccc65)cc4c4cc(-n5c6ccccc6c6ccccc65)ccc43)cc2C#N)nc(-c2ccccc2[N+]#[C-])n1.[C-]#[N+]c1ccccc1-c1cc(-c2cc([N+]#[C-])c(-n3c4ccc(-n5c6ccccc6c6ccccc65)cc4c4cc(-n5c6ccccc6c6ccccc65)ccc43)cc2C#N)nc(-c2ccccc2[N+]#[C-])n1. The molecule has 142 heavy (non-hydrogen) atoms. The lowest BCUT2D eigenvalue weighted by atomic mass is 9.96. The Morgan fingerprint density at radius 1 is 0.190 bits per heavy atom. The van der Waals surface area contributed by atoms with Gasteiger partial charge in [0.1, 0.15) is 11.6 Å². The Kier molecular flexibility index (Phi) is 19.5. The van der Waals surface area contributed by atoms with E-state index < -0.39 is 0 Å². The third-order valence-electron chi connectivity index (χ3n) is 27.2. The summed E-state index contributed by atoms with van der Waals surface area (Å²) in [5.74, 6) is 0.503. The first kappa shape index (κ1) is 82.7. The number of para-hydroxylation sites is 12. The molecular weight excluding hydrogens is 1740 g/mol. The van der Waals surface area contributed by atoms with Gasteiger partial charge in [-0.1, -0.05) is 243 Å². The molecule has 0 aliphatic heterocycles. The molecule has 8 heterocycles. The third kappa shape index (κ3) is 13.1. The lowest BCUT2D eigenvalue weighted by molar-refractivity contribution is 1.15. The maximum Gasteiger partial charge on any atom is 0.211 e. The van der Waals surface area contributed by atoms with Gasteiger partial charge in [0.25, 0.3) is 0 Å². The van der Waals surface area contributed by atoms with Crippen molar-refractivity contribution in [3.8, 4) is 120 Å². The van der Waals surface area contributed by atoms with Crippen molar-refractivity contribution < 1.29 is 0 Å². The Labute approximate surface area is 811 Å². The van der Waals surface area contributed by atoms with Gasteiger partial charge in [-0.05, 0) is 158 Å². The van der Waals surface area contributed by atoms with E-state index in [-0.39, 0.29) is 22.8 Å². The van der Waals surface area contributed by atoms with Crippen LogP contribution in [0.1, 0.15) is 16.7 Å². The minimum Gasteiger partial charge on any atom is -0.319 e. The molecule has 0 N–H and O–H groups in total. The maximum absolute atomic E-state index is 11.1. The van der Waals surface area contributed by atoms with E-state index in [0.29, 0.717) is 102 Å². The molecule has 0 spiro atoms. The molecule has 0 radical (unpaired) electrons. The van der Waals surface area contributed by atoms with E-state index in [9.17, 15) is 15.8 Å². The van der Waals surface area contributed by atoms with Crippen molar-refractivity contribution in [1.29, 1.82) is 15.8 Å². The topological polar surface area (TPSA) is 174 Å². The Hall–Kier alpha value is -21.2. The normalized spacial score (nSPS) is 11.3. The fourth-order valence-electron chi connectivity index (χ4n) is 21.0. The number of hydrogen-bond donors (Lipinski definition) is 0. The monoisotopic (exact) mass is 1810 g/mol. The van der Waals surface area contributed by atoms with Crippen LogP contribution in [-0.2, 0) is 0 Å². The van der Waals surface area contributed by atoms with Gasteiger partial charge in [-0.25, -0.2) is 44.2 Å². The van der Waals surface area contributed by atoms with Crippen LogP contribution in [-0.4, -0.2) is 47.3 Å². The zero-order chi connectivity index (χ0) is 95.5. The first-order valence-corrected chi connectivity index (χ1v) is 45.8. The first-order valence-electron chi connectivity index (χ1n) is 45.8. The predicted molar refractivity (Wildman–Crippen MR) is 568 cm³/mol. The molecule has 0 saturated heterocycles. The van der Waals surface area contributed by atoms with Gasteiger partial charge in [0, 0.05) is 126 Å². The third-order valence-corrected chi connectivity index (χ3v) is 27.2. The average molecular weight is 1810 g/mol. The van der Waals surface area contributed by atoms with Gasteiger partial charge in [-0.3, -0.25) is 0 Å². The molecule has 0 unspecified atom stereocenters. The van der Waals surface area contributed by atoms with E-state index in [0.717, 1.165) is 110 Å². The summed E-state index contributed by atoms with van der Waals surface area (Å²) < 4.78 is 13.5. The molecule has 26 aromatic rings. The van der Waals surface area contributed by atoms with Crippen LogP contribution in [0.25, 0.3) is 257 Å². The summed E-state index contributed by atoms with van der Waals surface area (Å²) in [4.78, 5) is 39.0. The van der Waals surface area contributed by atoms with Crippen molar-refractivity contribution in [1.82, 2.24) is 47.3 Å². The van der Waals surface area contributed by atoms with Crippen molar-refractivity contribution in [2.75, 3.05) is 0 Å². The molecule has 26 rings (SSSR count). The van der Waals surface area contributed by atoms with Crippen LogP contribution >= 0.6 is 0 Å². The highest BCUT2D eigenvalue weighted by Gasteiger charge is 2.29. The average Bonchev–Trinajstić information content (AvgIpc) is 1.56. The second-order valence-corrected chi connectivity index (χ2v) is 34.6. The molecule has 0 aliphatic carbocycles. The summed E-state index contributed by atoms with van der Waals surface area (Å²) in [6.07, 6.45) is 0. The fraction of sp³-hybridized carbons (Fsp3) is 0. The van der Waals surface area contributed by atoms with Crippen LogP contribution in [0.3, 0.4) is 0 Å². The molecule has 0 atom stereocenters. The summed E-state index contributed by atoms with van der Waals surface area (Å²) in [7, 11) is 0. The van der Waals surface area contributed by atoms with Crippen LogP contribution in [0, 0.1) is 66.9 Å². The van der Waals surface area contributed by atoms with Crippen LogP contribution < -0.4 is 0 Å². The summed E-state index contributed by atoms with van der Waals surface area (Å²) in [6, 6.07) is 140. The maximum atomic E-state index is 11.1. The van der Waals surface area contributed by atoms with Gasteiger partial charge >= 0.3 is 0 Å². The highest BCUT2D eigenvalue weighted by Crippen LogP contribution is 2.48. The van der Waals surface area contributed by atoms with Crippen molar-refractivity contribution in [2.24, 2.45) is 0 Å². The molecule has 0 saturated carbocycles. The Morgan fingerprint density at radius 2 is 0.430 bits per heavy atom. The molecule has 652 valence electrons. The summed E-state index contributed by atoms with van der Waals surface area (Å²) in [5.41, 5.74) is 24.4. The van der Waals surface area contributed by atoms with E-state index >= 15 is 0 Å². The van der Waals surface area contributed by atoms with E-state index in [1.165, 1.54) is 43.1 Å². The summed E-state index contributed by atoms with van der Waals surface area (Å²) in [5, 5.41) is 46.6. The quantitative estimate of drug-likeness (QED) is 0.109. The highest BCUT2D eigenvalue weighted by atomic mass is 15.1. The molecule has 18 aromatic carbocycles. The smallest absolute Gasteiger partial charge is 0.211 e. The van der Waals surface area contributed by atoms with Crippen molar-refractivity contribution in [3.05, 3.63) is 474 Å². The van der Waals surface area contributed by atoms with E-state index in [1.807, 2.05) is 48.5 Å². The van der Waals surface area contributed by atoms with Crippen molar-refractivity contribution in [2.45, 2.75) is 0 Å². The van der Waals surface area contributed by atoms with Gasteiger partial charge in [0.15, 0.2) is 22.7 Å². The predicted octanol–water partition coefficient (Wildman–Crippen LogP) is 31.9. The minimum atomic E-state index is 0.227. The minimum absolute atomic E-state index is 0.227. The fourth-order valence-corrected chi connectivity index (χ4v) is 21.0. The largest absolute Gasteiger partial charge is 0.319 e. The molecule has 0 aliphatic rings. The Morgan fingerprint density at radius 3 is 0.732 bits per heavy atom. The van der Waals surface area contributed by atoms with Crippen LogP contribution in [0.5, 0.6) is 0 Å². The van der Waals surface area contributed by atoms with Crippen LogP contribution in [0.2, 0.25) is 0 Å². The number of rotatable bonds is 12. The van der Waals surface area contributed by atoms with Crippen LogP contribution in [0.15, 0.2) is 400 Å². The van der Waals surface area contributed by atoms with Gasteiger partial charge in [0.05, 0.1) is 162 Å². The Balaban J connectivity index is 0.000000149. The van der Waals surface area contributed by atoms with Gasteiger partial charge in [-0.15, -0.1) is 0 Å². The van der Waals surface area contributed by atoms with Crippen molar-refractivity contribution in [3.63, 3.8) is 0 Å². The van der Waals surface area contributed by atoms with E-state index in [1.54, 1.807) is 84.9 Å². The molecule has 8 aromatic heterocycles. The van der Waals surface area contributed by atoms with Crippen molar-refractivity contribution >= 4 is 159 Å². The second-order valence-electron chi connectivity index (χ2n) is 34.6. The molecule has 0 bridgehead atoms. The van der Waals surface area contributed by atoms with Gasteiger partial charge in [0.2, 0.25) is 5.69 Å². The van der Waals surface area contributed by atoms with E-state index in [2.05, 4.69) is 337 Å². The second kappa shape index (κ2) is 33.5. The lowest BCUT2D eigenvalue weighted by Gasteiger charge is -2.16. The molecule has 0 amide bonds. The summed E-state index contributed by atoms with van der Waals surface area (Å²) >= 11 is 0. The number of hydrogen-bond acceptors (Lipinski definition) is 7. The van der Waals surface area contributed by atoms with Gasteiger partial charge in [-0.2, -0.15) is 15.8 Å². The van der Waals surface area contributed by atoms with Crippen LogP contribution in [0.4, 0.5) is 28.4 Å². The standard InChI is InChI=1S/2C62H33N9/c1-64-50-22-10-4-20-45(50)52-36-53(68-62(67-52)46-21-5-11-23-51(46)65-2)47-35-54(66-3)61(32-38(47)37-63)71-59-30-28-39(69-55-24-12-6-16-41(55)42-17-7-13-25-56(42)69)33-48(59)49-34-40(29-31-60(49)71)70-57-26-14-8-18-43(57)44-19-9-15-27-58(44)70;1-65-51-21-9-3-19-47(51)53-35-54(68-62(67-53)48-20-4-10-22-52(48)66-2)61-38(36-63)31-42(32-39(61)37-64)71-59-29-27-40(69-55-23-11-5-15-43(55)44-16-6-12-24-56(44)69)33-49(59)50-34-41(28-30-60(50)71)70-57-25-13-7-17-45(57)46-18-8-14-26-58(46)70/h4-36H;3-35H. The number of aromatic nitrogens is 10. The first-order chi connectivity index (χ1) is 70.1. The number of fused-ring (bicyclic) bond motifs is 18. The zero-order valence-corrected chi connectivity index (χ0v) is 75.2. The number of nitriles is 3. The molecular formula is C124H66N18. The molecule has 0 fully saturated rings. The summed E-state index contributed by atoms with van der Waals surface area (Å²) in [6.45, 7) is 40.5. The lowest BCUT2D eigenvalue weighted by Crippen LogP contribution is -2.02. The Bertz CT molecular complexity index is 9620. The number of benzene rings is 18. The molecule has 18 heteroatoms.